The van der Waals surface area contributed by atoms with Gasteiger partial charge in [0.05, 0.1) is 18.7 Å². The van der Waals surface area contributed by atoms with Crippen molar-refractivity contribution in [2.45, 2.75) is 18.9 Å². The molecule has 1 aliphatic rings. The monoisotopic (exact) mass is 317 g/mol. The minimum Gasteiger partial charge on any atom is -0.507 e. The van der Waals surface area contributed by atoms with Gasteiger partial charge in [-0.05, 0) is 48.2 Å². The molecule has 1 amide bonds. The molecule has 1 atom stereocenters. The Morgan fingerprint density at radius 3 is 2.86 bits per heavy atom. The van der Waals surface area contributed by atoms with Gasteiger partial charge in [0.15, 0.2) is 0 Å². The van der Waals surface area contributed by atoms with E-state index in [0.29, 0.717) is 10.8 Å². The zero-order valence-electron chi connectivity index (χ0n) is 12.1. The fraction of sp³-hybridized carbons (Fsp3) is 0.235. The molecule has 0 spiro atoms. The van der Waals surface area contributed by atoms with Crippen molar-refractivity contribution in [1.29, 1.82) is 0 Å². The van der Waals surface area contributed by atoms with Crippen molar-refractivity contribution in [2.75, 3.05) is 7.11 Å². The number of carbonyl (C=O) groups excluding carboxylic acids is 1. The molecule has 22 heavy (non-hydrogen) atoms. The van der Waals surface area contributed by atoms with E-state index in [1.807, 2.05) is 18.2 Å². The lowest BCUT2D eigenvalue weighted by atomic mass is 10.1. The molecular formula is C17H16ClNO3. The molecule has 2 aromatic carbocycles. The molecule has 0 unspecified atom stereocenters. The second-order valence-electron chi connectivity index (χ2n) is 5.29. The molecular weight excluding hydrogens is 302 g/mol. The summed E-state index contributed by atoms with van der Waals surface area (Å²) in [5.41, 5.74) is 2.49. The number of phenolic OH excluding ortho intramolecular Hbond substituents is 1. The van der Waals surface area contributed by atoms with Gasteiger partial charge >= 0.3 is 0 Å². The second-order valence-corrected chi connectivity index (χ2v) is 5.73. The summed E-state index contributed by atoms with van der Waals surface area (Å²) in [6, 6.07) is 10.3. The maximum Gasteiger partial charge on any atom is 0.255 e. The largest absolute Gasteiger partial charge is 0.507 e. The summed E-state index contributed by atoms with van der Waals surface area (Å²) in [5.74, 6) is 0.119. The van der Waals surface area contributed by atoms with Crippen LogP contribution in [0.2, 0.25) is 5.02 Å². The van der Waals surface area contributed by atoms with Gasteiger partial charge in [-0.1, -0.05) is 17.7 Å². The van der Waals surface area contributed by atoms with Gasteiger partial charge < -0.3 is 15.2 Å². The molecule has 5 heteroatoms. The maximum atomic E-state index is 12.4. The summed E-state index contributed by atoms with van der Waals surface area (Å²) >= 11 is 5.99. The van der Waals surface area contributed by atoms with Crippen molar-refractivity contribution >= 4 is 17.5 Å². The number of carbonyl (C=O) groups is 1. The quantitative estimate of drug-likeness (QED) is 0.911. The fourth-order valence-corrected chi connectivity index (χ4v) is 3.00. The molecule has 0 aromatic heterocycles. The lowest BCUT2D eigenvalue weighted by Gasteiger charge is -2.15. The molecule has 0 bridgehead atoms. The van der Waals surface area contributed by atoms with Crippen LogP contribution >= 0.6 is 11.6 Å². The van der Waals surface area contributed by atoms with Crippen molar-refractivity contribution in [1.82, 2.24) is 5.32 Å². The average molecular weight is 318 g/mol. The first kappa shape index (κ1) is 14.7. The number of methoxy groups -OCH3 is 1. The van der Waals surface area contributed by atoms with Gasteiger partial charge in [-0.2, -0.15) is 0 Å². The Balaban J connectivity index is 1.79. The molecule has 1 aliphatic carbocycles. The number of hydrogen-bond acceptors (Lipinski definition) is 3. The number of rotatable bonds is 3. The topological polar surface area (TPSA) is 58.6 Å². The number of hydrogen-bond donors (Lipinski definition) is 2. The van der Waals surface area contributed by atoms with E-state index in [-0.39, 0.29) is 23.3 Å². The van der Waals surface area contributed by atoms with Crippen molar-refractivity contribution in [3.63, 3.8) is 0 Å². The van der Waals surface area contributed by atoms with Gasteiger partial charge in [0.1, 0.15) is 11.5 Å². The van der Waals surface area contributed by atoms with E-state index in [9.17, 15) is 9.90 Å². The van der Waals surface area contributed by atoms with E-state index in [0.717, 1.165) is 24.0 Å². The molecule has 3 rings (SSSR count). The predicted molar refractivity (Wildman–Crippen MR) is 84.6 cm³/mol. The average Bonchev–Trinajstić information content (AvgIpc) is 2.89. The van der Waals surface area contributed by atoms with Crippen molar-refractivity contribution in [3.05, 3.63) is 58.1 Å². The van der Waals surface area contributed by atoms with Gasteiger partial charge in [0.2, 0.25) is 0 Å². The number of aromatic hydroxyl groups is 1. The highest BCUT2D eigenvalue weighted by atomic mass is 35.5. The molecule has 0 radical (unpaired) electrons. The van der Waals surface area contributed by atoms with Gasteiger partial charge in [-0.3, -0.25) is 4.79 Å². The Morgan fingerprint density at radius 2 is 2.14 bits per heavy atom. The van der Waals surface area contributed by atoms with Gasteiger partial charge in [0, 0.05) is 11.1 Å². The van der Waals surface area contributed by atoms with Crippen LogP contribution in [-0.4, -0.2) is 18.1 Å². The second kappa shape index (κ2) is 5.89. The number of nitrogens with one attached hydrogen (secondary N) is 1. The molecule has 114 valence electrons. The lowest BCUT2D eigenvalue weighted by Crippen LogP contribution is -2.27. The Labute approximate surface area is 133 Å². The molecule has 2 N–H and O–H groups in total. The van der Waals surface area contributed by atoms with Crippen molar-refractivity contribution in [2.24, 2.45) is 0 Å². The van der Waals surface area contributed by atoms with Gasteiger partial charge in [0.25, 0.3) is 5.91 Å². The van der Waals surface area contributed by atoms with Crippen LogP contribution in [0.5, 0.6) is 11.5 Å². The zero-order chi connectivity index (χ0) is 15.7. The highest BCUT2D eigenvalue weighted by Gasteiger charge is 2.25. The number of halogens is 1. The number of amides is 1. The summed E-state index contributed by atoms with van der Waals surface area (Å²) in [6.45, 7) is 0. The SMILES string of the molecule is COc1ccc(C(=O)N[C@@H]2CCc3cc(Cl)ccc32)c(O)c1. The summed E-state index contributed by atoms with van der Waals surface area (Å²) < 4.78 is 5.02. The van der Waals surface area contributed by atoms with Crippen LogP contribution in [-0.2, 0) is 6.42 Å². The molecule has 0 aliphatic heterocycles. The van der Waals surface area contributed by atoms with Crippen LogP contribution in [0.15, 0.2) is 36.4 Å². The lowest BCUT2D eigenvalue weighted by molar-refractivity contribution is 0.0934. The molecule has 2 aromatic rings. The van der Waals surface area contributed by atoms with Crippen molar-refractivity contribution in [3.8, 4) is 11.5 Å². The fourth-order valence-electron chi connectivity index (χ4n) is 2.80. The standard InChI is InChI=1S/C17H16ClNO3/c1-22-12-4-6-14(16(20)9-12)17(21)19-15-7-2-10-8-11(18)3-5-13(10)15/h3-6,8-9,15,20H,2,7H2,1H3,(H,19,21)/t15-/m1/s1. The van der Waals surface area contributed by atoms with Gasteiger partial charge in [-0.15, -0.1) is 0 Å². The summed E-state index contributed by atoms with van der Waals surface area (Å²) in [6.07, 6.45) is 1.72. The van der Waals surface area contributed by atoms with Crippen LogP contribution in [0.25, 0.3) is 0 Å². The molecule has 4 nitrogen and oxygen atoms in total. The third-order valence-electron chi connectivity index (χ3n) is 3.94. The molecule has 0 fully saturated rings. The van der Waals surface area contributed by atoms with Crippen LogP contribution < -0.4 is 10.1 Å². The number of aryl methyl sites for hydroxylation is 1. The zero-order valence-corrected chi connectivity index (χ0v) is 12.9. The first-order valence-electron chi connectivity index (χ1n) is 7.04. The number of phenols is 1. The number of ether oxygens (including phenoxy) is 1. The van der Waals surface area contributed by atoms with Crippen molar-refractivity contribution < 1.29 is 14.6 Å². The summed E-state index contributed by atoms with van der Waals surface area (Å²) in [7, 11) is 1.51. The van der Waals surface area contributed by atoms with Gasteiger partial charge in [-0.25, -0.2) is 0 Å². The Bertz CT molecular complexity index is 730. The number of fused-ring (bicyclic) bond motifs is 1. The Kier molecular flexibility index (Phi) is 3.94. The Morgan fingerprint density at radius 1 is 1.32 bits per heavy atom. The smallest absolute Gasteiger partial charge is 0.255 e. The predicted octanol–water partition coefficient (Wildman–Crippen LogP) is 3.47. The van der Waals surface area contributed by atoms with Crippen LogP contribution in [0.3, 0.4) is 0 Å². The molecule has 0 saturated carbocycles. The van der Waals surface area contributed by atoms with E-state index < -0.39 is 0 Å². The van der Waals surface area contributed by atoms with E-state index in [1.54, 1.807) is 12.1 Å². The summed E-state index contributed by atoms with van der Waals surface area (Å²) in [5, 5.41) is 13.6. The highest BCUT2D eigenvalue weighted by molar-refractivity contribution is 6.30. The Hall–Kier alpha value is -2.20. The first-order valence-corrected chi connectivity index (χ1v) is 7.42. The van der Waals surface area contributed by atoms with E-state index in [4.69, 9.17) is 16.3 Å². The number of benzene rings is 2. The normalized spacial score (nSPS) is 16.2. The van der Waals surface area contributed by atoms with E-state index >= 15 is 0 Å². The van der Waals surface area contributed by atoms with Crippen LogP contribution in [0.1, 0.15) is 33.9 Å². The third-order valence-corrected chi connectivity index (χ3v) is 4.17. The minimum absolute atomic E-state index is 0.0544. The highest BCUT2D eigenvalue weighted by Crippen LogP contribution is 2.33. The van der Waals surface area contributed by atoms with E-state index in [1.165, 1.54) is 13.2 Å². The first-order chi connectivity index (χ1) is 10.6. The minimum atomic E-state index is -0.298. The summed E-state index contributed by atoms with van der Waals surface area (Å²) in [4.78, 5) is 12.4. The maximum absolute atomic E-state index is 12.4. The molecule has 0 saturated heterocycles. The third kappa shape index (κ3) is 2.74. The van der Waals surface area contributed by atoms with E-state index in [2.05, 4.69) is 5.32 Å². The molecule has 0 heterocycles. The van der Waals surface area contributed by atoms with Crippen LogP contribution in [0.4, 0.5) is 0 Å². The van der Waals surface area contributed by atoms with Crippen LogP contribution in [0, 0.1) is 0 Å².